The van der Waals surface area contributed by atoms with E-state index >= 15 is 0 Å². The van der Waals surface area contributed by atoms with Gasteiger partial charge in [-0.1, -0.05) is 18.2 Å². The van der Waals surface area contributed by atoms with Crippen molar-refractivity contribution >= 4 is 23.4 Å². The average molecular weight is 544 g/mol. The summed E-state index contributed by atoms with van der Waals surface area (Å²) in [6.45, 7) is 2.15. The van der Waals surface area contributed by atoms with Gasteiger partial charge in [0, 0.05) is 51.0 Å². The Morgan fingerprint density at radius 3 is 2.80 bits per heavy atom. The van der Waals surface area contributed by atoms with Crippen LogP contribution >= 0.6 is 0 Å². The van der Waals surface area contributed by atoms with E-state index in [1.807, 2.05) is 48.7 Å². The molecule has 2 aliphatic rings. The molecule has 2 bridgehead atoms. The van der Waals surface area contributed by atoms with E-state index in [1.165, 1.54) is 11.0 Å². The van der Waals surface area contributed by atoms with Crippen molar-refractivity contribution in [3.63, 3.8) is 0 Å². The van der Waals surface area contributed by atoms with E-state index in [4.69, 9.17) is 4.74 Å². The van der Waals surface area contributed by atoms with Gasteiger partial charge in [0.25, 0.3) is 5.91 Å². The second-order valence-electron chi connectivity index (χ2n) is 9.97. The summed E-state index contributed by atoms with van der Waals surface area (Å²) in [5, 5.41) is 13.9. The van der Waals surface area contributed by atoms with Gasteiger partial charge in [0.15, 0.2) is 0 Å². The smallest absolute Gasteiger partial charge is 0.274 e. The van der Waals surface area contributed by atoms with E-state index in [1.54, 1.807) is 20.4 Å². The molecule has 5 heterocycles. The number of rotatable bonds is 3. The summed E-state index contributed by atoms with van der Waals surface area (Å²) in [5.41, 5.74) is 1.97. The average Bonchev–Trinajstić information content (AvgIpc) is 3.73. The molecular weight excluding hydrogens is 514 g/mol. The molecule has 4 aromatic rings. The molecule has 0 unspecified atom stereocenters. The highest BCUT2D eigenvalue weighted by molar-refractivity contribution is 5.94. The number of carbonyl (C=O) groups excluding carboxylic acids is 3. The number of amides is 3. The number of hydrogen-bond donors (Lipinski definition) is 1. The fraction of sp³-hybridized carbons (Fsp3) is 0.370. The van der Waals surface area contributed by atoms with Crippen LogP contribution in [0.4, 0.5) is 0 Å². The van der Waals surface area contributed by atoms with Crippen molar-refractivity contribution in [2.24, 2.45) is 5.92 Å². The third-order valence-electron chi connectivity index (χ3n) is 7.38. The SMILES string of the molecule is O=C1NCCN(C(=O)Cn2cnnn2)CCCOc2cccc(c2)[C@H]2CN(C(=O)c3cn4ccccc4n3)C[C@H]12. The van der Waals surface area contributed by atoms with E-state index in [0.717, 1.165) is 5.56 Å². The van der Waals surface area contributed by atoms with Crippen molar-refractivity contribution in [3.8, 4) is 5.75 Å². The molecule has 40 heavy (non-hydrogen) atoms. The van der Waals surface area contributed by atoms with Gasteiger partial charge >= 0.3 is 0 Å². The monoisotopic (exact) mass is 543 g/mol. The molecule has 0 saturated carbocycles. The zero-order valence-electron chi connectivity index (χ0n) is 21.8. The Morgan fingerprint density at radius 2 is 1.95 bits per heavy atom. The minimum absolute atomic E-state index is 0.00861. The first-order valence-corrected chi connectivity index (χ1v) is 13.3. The Balaban J connectivity index is 1.22. The highest BCUT2D eigenvalue weighted by Gasteiger charge is 2.41. The summed E-state index contributed by atoms with van der Waals surface area (Å²) in [6.07, 6.45) is 5.56. The van der Waals surface area contributed by atoms with Gasteiger partial charge in [-0.15, -0.1) is 5.10 Å². The number of fused-ring (bicyclic) bond motifs is 5. The molecule has 1 saturated heterocycles. The molecule has 3 aromatic heterocycles. The topological polar surface area (TPSA) is 140 Å². The Kier molecular flexibility index (Phi) is 7.08. The molecule has 6 rings (SSSR count). The molecule has 2 aliphatic heterocycles. The van der Waals surface area contributed by atoms with Crippen molar-refractivity contribution in [1.29, 1.82) is 0 Å². The van der Waals surface area contributed by atoms with Crippen LogP contribution in [0.3, 0.4) is 0 Å². The normalized spacial score (nSPS) is 19.9. The maximum atomic E-state index is 13.5. The second-order valence-corrected chi connectivity index (χ2v) is 9.97. The van der Waals surface area contributed by atoms with Crippen molar-refractivity contribution < 1.29 is 19.1 Å². The van der Waals surface area contributed by atoms with Crippen LogP contribution in [-0.4, -0.2) is 96.4 Å². The van der Waals surface area contributed by atoms with Gasteiger partial charge in [-0.3, -0.25) is 14.4 Å². The van der Waals surface area contributed by atoms with Gasteiger partial charge in [-0.2, -0.15) is 0 Å². The Bertz CT molecular complexity index is 1490. The minimum atomic E-state index is -0.468. The van der Waals surface area contributed by atoms with Crippen LogP contribution in [0.1, 0.15) is 28.4 Å². The Hall–Kier alpha value is -4.81. The van der Waals surface area contributed by atoms with Crippen LogP contribution in [0, 0.1) is 5.92 Å². The van der Waals surface area contributed by atoms with Crippen molar-refractivity contribution in [3.05, 3.63) is 72.4 Å². The zero-order chi connectivity index (χ0) is 27.5. The van der Waals surface area contributed by atoms with Crippen molar-refractivity contribution in [1.82, 2.24) is 44.7 Å². The molecule has 0 radical (unpaired) electrons. The molecule has 0 spiro atoms. The standard InChI is InChI=1S/C27H29N9O4/c37-25(17-36-18-29-31-32-36)33-10-4-12-40-20-6-3-5-19(13-20)21-14-35(15-22(21)26(38)28-8-11-33)27(39)23-16-34-9-2-1-7-24(34)30-23/h1-3,5-7,9,13,16,18,21-22H,4,8,10-12,14-15,17H2,(H,28,38)/t21-,22+/m1/s1. The highest BCUT2D eigenvalue weighted by atomic mass is 16.5. The van der Waals surface area contributed by atoms with Crippen LogP contribution in [-0.2, 0) is 16.1 Å². The van der Waals surface area contributed by atoms with E-state index in [0.29, 0.717) is 49.8 Å². The largest absolute Gasteiger partial charge is 0.494 e. The van der Waals surface area contributed by atoms with Crippen LogP contribution in [0.2, 0.25) is 0 Å². The quantitative estimate of drug-likeness (QED) is 0.396. The molecule has 3 amide bonds. The summed E-state index contributed by atoms with van der Waals surface area (Å²) in [4.78, 5) is 47.8. The number of aromatic nitrogens is 6. The number of ether oxygens (including phenoxy) is 1. The lowest BCUT2D eigenvalue weighted by Crippen LogP contribution is -2.43. The summed E-state index contributed by atoms with van der Waals surface area (Å²) < 4.78 is 9.18. The van der Waals surface area contributed by atoms with Gasteiger partial charge in [-0.25, -0.2) is 9.67 Å². The van der Waals surface area contributed by atoms with Crippen molar-refractivity contribution in [2.45, 2.75) is 18.9 Å². The fourth-order valence-electron chi connectivity index (χ4n) is 5.35. The first-order chi connectivity index (χ1) is 19.5. The molecule has 13 heteroatoms. The lowest BCUT2D eigenvalue weighted by molar-refractivity contribution is -0.133. The third kappa shape index (κ3) is 5.35. The first-order valence-electron chi connectivity index (χ1n) is 13.3. The molecule has 1 aromatic carbocycles. The third-order valence-corrected chi connectivity index (χ3v) is 7.38. The number of likely N-dealkylation sites (tertiary alicyclic amines) is 1. The van der Waals surface area contributed by atoms with Gasteiger partial charge in [0.1, 0.15) is 30.0 Å². The van der Waals surface area contributed by atoms with Crippen LogP contribution < -0.4 is 10.1 Å². The predicted molar refractivity (Wildman–Crippen MR) is 141 cm³/mol. The van der Waals surface area contributed by atoms with Gasteiger partial charge < -0.3 is 24.3 Å². The van der Waals surface area contributed by atoms with E-state index in [9.17, 15) is 14.4 Å². The molecule has 0 aliphatic carbocycles. The molecule has 13 nitrogen and oxygen atoms in total. The van der Waals surface area contributed by atoms with Crippen LogP contribution in [0.25, 0.3) is 5.65 Å². The van der Waals surface area contributed by atoms with Crippen LogP contribution in [0.5, 0.6) is 5.75 Å². The number of pyridine rings is 1. The lowest BCUT2D eigenvalue weighted by Gasteiger charge is -2.25. The summed E-state index contributed by atoms with van der Waals surface area (Å²) >= 11 is 0. The highest BCUT2D eigenvalue weighted by Crippen LogP contribution is 2.35. The number of tetrazole rings is 1. The predicted octanol–water partition coefficient (Wildman–Crippen LogP) is 0.604. The fourth-order valence-corrected chi connectivity index (χ4v) is 5.35. The summed E-state index contributed by atoms with van der Waals surface area (Å²) in [5.74, 6) is -0.529. The first kappa shape index (κ1) is 25.5. The maximum absolute atomic E-state index is 13.5. The molecular formula is C27H29N9O4. The summed E-state index contributed by atoms with van der Waals surface area (Å²) in [6, 6.07) is 13.3. The Labute approximate surface area is 229 Å². The minimum Gasteiger partial charge on any atom is -0.494 e. The number of carbonyl (C=O) groups is 3. The second kappa shape index (κ2) is 11.1. The number of hydrogen-bond acceptors (Lipinski definition) is 8. The number of imidazole rings is 1. The maximum Gasteiger partial charge on any atom is 0.274 e. The Morgan fingerprint density at radius 1 is 1.05 bits per heavy atom. The molecule has 1 N–H and O–H groups in total. The van der Waals surface area contributed by atoms with Crippen molar-refractivity contribution in [2.75, 3.05) is 39.3 Å². The number of nitrogens with one attached hydrogen (secondary N) is 1. The molecule has 2 atom stereocenters. The van der Waals surface area contributed by atoms with E-state index in [-0.39, 0.29) is 43.3 Å². The van der Waals surface area contributed by atoms with Gasteiger partial charge in [0.2, 0.25) is 11.8 Å². The van der Waals surface area contributed by atoms with Gasteiger partial charge in [-0.05, 0) is 46.7 Å². The van der Waals surface area contributed by atoms with E-state index in [2.05, 4.69) is 25.8 Å². The van der Waals surface area contributed by atoms with Gasteiger partial charge in [0.05, 0.1) is 12.5 Å². The molecule has 206 valence electrons. The van der Waals surface area contributed by atoms with E-state index < -0.39 is 5.92 Å². The van der Waals surface area contributed by atoms with Crippen LogP contribution in [0.15, 0.2) is 61.2 Å². The zero-order valence-corrected chi connectivity index (χ0v) is 21.8. The summed E-state index contributed by atoms with van der Waals surface area (Å²) in [7, 11) is 0. The molecule has 1 fully saturated rings. The number of benzene rings is 1. The lowest BCUT2D eigenvalue weighted by atomic mass is 9.88. The number of nitrogens with zero attached hydrogens (tertiary/aromatic N) is 8.